The Hall–Kier alpha value is -5.63. The summed E-state index contributed by atoms with van der Waals surface area (Å²) in [7, 11) is 1.61. The molecule has 2 aromatic carbocycles. The highest BCUT2D eigenvalue weighted by atomic mass is 16.5. The molecule has 2 aromatic heterocycles. The Balaban J connectivity index is 0.000000211. The molecule has 1 atom stereocenters. The minimum Gasteiger partial charge on any atom is -0.491 e. The number of aromatic nitrogens is 3. The second-order valence-electron chi connectivity index (χ2n) is 14.3. The summed E-state index contributed by atoms with van der Waals surface area (Å²) in [4.78, 5) is 59.8. The minimum absolute atomic E-state index is 0.0675. The summed E-state index contributed by atoms with van der Waals surface area (Å²) in [6, 6.07) is 11.6. The Morgan fingerprint density at radius 2 is 1.91 bits per heavy atom. The van der Waals surface area contributed by atoms with Crippen molar-refractivity contribution < 1.29 is 23.9 Å². The van der Waals surface area contributed by atoms with Crippen LogP contribution in [0.15, 0.2) is 60.0 Å². The number of fused-ring (bicyclic) bond motifs is 2. The fourth-order valence-corrected chi connectivity index (χ4v) is 6.94. The maximum Gasteiger partial charge on any atom is 0.261 e. The van der Waals surface area contributed by atoms with E-state index in [0.717, 1.165) is 68.3 Å². The summed E-state index contributed by atoms with van der Waals surface area (Å²) in [6.07, 6.45) is 14.6. The molecule has 4 aromatic rings. The van der Waals surface area contributed by atoms with E-state index >= 15 is 0 Å². The summed E-state index contributed by atoms with van der Waals surface area (Å²) in [5.41, 5.74) is 12.4. The maximum absolute atomic E-state index is 13.1. The van der Waals surface area contributed by atoms with Crippen LogP contribution in [0.5, 0.6) is 5.75 Å². The van der Waals surface area contributed by atoms with E-state index in [2.05, 4.69) is 32.5 Å². The van der Waals surface area contributed by atoms with Gasteiger partial charge < -0.3 is 35.7 Å². The molecule has 2 fully saturated rings. The van der Waals surface area contributed by atoms with E-state index < -0.39 is 0 Å². The van der Waals surface area contributed by atoms with E-state index in [0.29, 0.717) is 66.8 Å². The van der Waals surface area contributed by atoms with Crippen LogP contribution < -0.4 is 21.1 Å². The van der Waals surface area contributed by atoms with Crippen molar-refractivity contribution in [3.8, 4) is 5.75 Å². The summed E-state index contributed by atoms with van der Waals surface area (Å²) in [5, 5.41) is 9.86. The lowest BCUT2D eigenvalue weighted by atomic mass is 9.89. The third-order valence-corrected chi connectivity index (χ3v) is 10.5. The second kappa shape index (κ2) is 18.6. The molecule has 290 valence electrons. The average Bonchev–Trinajstić information content (AvgIpc) is 3.96. The molecule has 1 aliphatic carbocycles. The Morgan fingerprint density at radius 1 is 1.09 bits per heavy atom. The molecule has 14 heteroatoms. The van der Waals surface area contributed by atoms with Gasteiger partial charge in [-0.05, 0) is 79.8 Å². The van der Waals surface area contributed by atoms with E-state index in [-0.39, 0.29) is 23.8 Å². The fourth-order valence-electron chi connectivity index (χ4n) is 6.94. The van der Waals surface area contributed by atoms with Crippen LogP contribution in [0.1, 0.15) is 84.0 Å². The van der Waals surface area contributed by atoms with Crippen LogP contribution in [-0.4, -0.2) is 101 Å². The number of anilines is 2. The number of nitrogens with two attached hydrogens (primary N) is 1. The van der Waals surface area contributed by atoms with Crippen LogP contribution in [0.3, 0.4) is 0 Å². The molecular formula is C41H51N9O5. The Labute approximate surface area is 321 Å². The number of carbonyl (C=O) groups excluding carboxylic acids is 4. The molecule has 4 N–H and O–H groups in total. The van der Waals surface area contributed by atoms with Gasteiger partial charge in [0.2, 0.25) is 12.3 Å². The number of aldehydes is 1. The predicted octanol–water partition coefficient (Wildman–Crippen LogP) is 4.27. The van der Waals surface area contributed by atoms with Crippen molar-refractivity contribution in [2.24, 2.45) is 10.9 Å². The Morgan fingerprint density at radius 3 is 2.64 bits per heavy atom. The third-order valence-electron chi connectivity index (χ3n) is 10.5. The Kier molecular flexibility index (Phi) is 13.2. The first-order valence-corrected chi connectivity index (χ1v) is 19.2. The van der Waals surface area contributed by atoms with E-state index in [9.17, 15) is 19.2 Å². The molecule has 14 nitrogen and oxygen atoms in total. The standard InChI is InChI=1S/C25H31N7O2.C16H20N2O3/c1-2-31-10-6-19(7-11-31)28-14-18-12-22(23(13-21(18)26)34-16-17-4-5-17)30-25(33)20-15-29-32-9-3-8-27-24(20)32;1-17-16(21)15(3-2-8-19)13-4-5-14-10-18(11-20)7-6-12(14)9-13/h3,8-9,12-15,17,19H,2,4-7,10-11,16,26H2,1H3,(H,30,33);4-5,8-9,11,15H,2-3,6-7,10H2,1H3,(H,17,21). The van der Waals surface area contributed by atoms with Crippen molar-refractivity contribution in [3.63, 3.8) is 0 Å². The van der Waals surface area contributed by atoms with Crippen LogP contribution in [0.2, 0.25) is 0 Å². The number of nitrogens with zero attached hydrogens (tertiary/aromatic N) is 6. The van der Waals surface area contributed by atoms with Gasteiger partial charge >= 0.3 is 0 Å². The topological polar surface area (TPSA) is 177 Å². The second-order valence-corrected chi connectivity index (χ2v) is 14.3. The number of hydrogen-bond acceptors (Lipinski definition) is 10. The van der Waals surface area contributed by atoms with Gasteiger partial charge in [-0.3, -0.25) is 19.4 Å². The first-order chi connectivity index (χ1) is 26.8. The monoisotopic (exact) mass is 749 g/mol. The summed E-state index contributed by atoms with van der Waals surface area (Å²) >= 11 is 0. The molecule has 0 radical (unpaired) electrons. The van der Waals surface area contributed by atoms with Crippen molar-refractivity contribution in [2.45, 2.75) is 70.4 Å². The zero-order valence-corrected chi connectivity index (χ0v) is 31.7. The molecule has 0 spiro atoms. The first-order valence-electron chi connectivity index (χ1n) is 19.2. The lowest BCUT2D eigenvalue weighted by molar-refractivity contribution is -0.122. The van der Waals surface area contributed by atoms with Gasteiger partial charge in [-0.1, -0.05) is 25.1 Å². The number of piperidine rings is 1. The molecule has 1 unspecified atom stereocenters. The van der Waals surface area contributed by atoms with E-state index in [1.165, 1.54) is 24.6 Å². The van der Waals surface area contributed by atoms with Crippen LogP contribution in [0, 0.1) is 5.92 Å². The molecule has 55 heavy (non-hydrogen) atoms. The van der Waals surface area contributed by atoms with Gasteiger partial charge in [0, 0.05) is 75.6 Å². The number of likely N-dealkylation sites (tertiary alicyclic amines) is 1. The van der Waals surface area contributed by atoms with Crippen LogP contribution in [0.4, 0.5) is 11.4 Å². The molecule has 1 saturated carbocycles. The molecule has 7 rings (SSSR count). The quantitative estimate of drug-likeness (QED) is 0.0966. The van der Waals surface area contributed by atoms with Gasteiger partial charge in [0.05, 0.1) is 30.5 Å². The van der Waals surface area contributed by atoms with Crippen molar-refractivity contribution in [3.05, 3.63) is 82.8 Å². The highest BCUT2D eigenvalue weighted by molar-refractivity contribution is 6.09. The van der Waals surface area contributed by atoms with Crippen molar-refractivity contribution >= 4 is 47.7 Å². The maximum atomic E-state index is 13.1. The smallest absolute Gasteiger partial charge is 0.261 e. The highest BCUT2D eigenvalue weighted by Gasteiger charge is 2.25. The molecular weight excluding hydrogens is 699 g/mol. The minimum atomic E-state index is -0.301. The van der Waals surface area contributed by atoms with Gasteiger partial charge in [-0.25, -0.2) is 9.50 Å². The van der Waals surface area contributed by atoms with Crippen molar-refractivity contribution in [2.75, 3.05) is 50.9 Å². The van der Waals surface area contributed by atoms with Crippen LogP contribution in [0.25, 0.3) is 5.65 Å². The van der Waals surface area contributed by atoms with Crippen molar-refractivity contribution in [1.82, 2.24) is 29.7 Å². The number of ether oxygens (including phenoxy) is 1. The van der Waals surface area contributed by atoms with Crippen LogP contribution in [-0.2, 0) is 27.3 Å². The van der Waals surface area contributed by atoms with Gasteiger partial charge in [-0.2, -0.15) is 5.10 Å². The molecule has 1 saturated heterocycles. The van der Waals surface area contributed by atoms with Crippen molar-refractivity contribution in [1.29, 1.82) is 0 Å². The highest BCUT2D eigenvalue weighted by Crippen LogP contribution is 2.35. The number of benzene rings is 2. The zero-order chi connectivity index (χ0) is 38.7. The SMILES string of the molecule is CCN1CCC(N=Cc2cc(NC(=O)c3cnn4cccnc34)c(OCC3CC3)cc2N)CC1.CNC(=O)C(CCC=O)c1ccc2c(c1)CCN(C=O)C2. The van der Waals surface area contributed by atoms with Crippen LogP contribution >= 0.6 is 0 Å². The van der Waals surface area contributed by atoms with Gasteiger partial charge in [0.15, 0.2) is 5.65 Å². The van der Waals surface area contributed by atoms with E-state index in [4.69, 9.17) is 15.5 Å². The zero-order valence-electron chi connectivity index (χ0n) is 31.7. The number of nitrogen functional groups attached to an aromatic ring is 1. The predicted molar refractivity (Wildman–Crippen MR) is 211 cm³/mol. The summed E-state index contributed by atoms with van der Waals surface area (Å²) in [6.45, 7) is 7.35. The lowest BCUT2D eigenvalue weighted by Crippen LogP contribution is -2.35. The van der Waals surface area contributed by atoms with Gasteiger partial charge in [0.25, 0.3) is 5.91 Å². The molecule has 4 heterocycles. The number of likely N-dealkylation sites (N-methyl/N-ethyl adjacent to an activating group) is 1. The number of carbonyl (C=O) groups is 4. The van der Waals surface area contributed by atoms with Gasteiger partial charge in [-0.15, -0.1) is 0 Å². The number of hydrogen-bond donors (Lipinski definition) is 3. The first kappa shape index (κ1) is 39.1. The molecule has 3 aliphatic rings. The molecule has 0 bridgehead atoms. The normalized spacial score (nSPS) is 16.5. The van der Waals surface area contributed by atoms with E-state index in [1.807, 2.05) is 30.5 Å². The molecule has 3 amide bonds. The summed E-state index contributed by atoms with van der Waals surface area (Å²) < 4.78 is 7.61. The summed E-state index contributed by atoms with van der Waals surface area (Å²) in [5.74, 6) is 0.473. The largest absolute Gasteiger partial charge is 0.491 e. The third kappa shape index (κ3) is 10.1. The lowest BCUT2D eigenvalue weighted by Gasteiger charge is -2.28. The number of amides is 3. The number of rotatable bonds is 14. The number of aliphatic imine (C=N–C) groups is 1. The molecule has 2 aliphatic heterocycles. The van der Waals surface area contributed by atoms with E-state index in [1.54, 1.807) is 41.0 Å². The fraction of sp³-hybridized carbons (Fsp3) is 0.439. The Bertz CT molecular complexity index is 2000. The average molecular weight is 750 g/mol. The van der Waals surface area contributed by atoms with Gasteiger partial charge in [0.1, 0.15) is 17.6 Å². The number of nitrogens with one attached hydrogen (secondary N) is 2.